The average molecular weight is 414 g/mol. The summed E-state index contributed by atoms with van der Waals surface area (Å²) >= 11 is 7.21. The van der Waals surface area contributed by atoms with Crippen molar-refractivity contribution in [2.45, 2.75) is 20.3 Å². The molecule has 0 aliphatic rings. The van der Waals surface area contributed by atoms with Crippen molar-refractivity contribution in [3.05, 3.63) is 59.1 Å². The SMILES string of the molecule is CCCSP(=O)(OCC)Oc1ccc(NC(=O)c2ccccc2Cl)cc1. The van der Waals surface area contributed by atoms with E-state index in [-0.39, 0.29) is 5.91 Å². The Morgan fingerprint density at radius 1 is 1.15 bits per heavy atom. The first kappa shape index (κ1) is 20.8. The molecule has 0 aliphatic carbocycles. The molecule has 26 heavy (non-hydrogen) atoms. The number of anilines is 1. The van der Waals surface area contributed by atoms with Crippen molar-refractivity contribution in [2.75, 3.05) is 17.7 Å². The van der Waals surface area contributed by atoms with Crippen LogP contribution in [0.25, 0.3) is 0 Å². The molecule has 1 amide bonds. The van der Waals surface area contributed by atoms with E-state index in [2.05, 4.69) is 5.32 Å². The quantitative estimate of drug-likeness (QED) is 0.491. The highest BCUT2D eigenvalue weighted by atomic mass is 35.5. The minimum atomic E-state index is -3.24. The molecule has 1 unspecified atom stereocenters. The van der Waals surface area contributed by atoms with Gasteiger partial charge in [-0.1, -0.05) is 30.7 Å². The maximum Gasteiger partial charge on any atom is 0.440 e. The fourth-order valence-electron chi connectivity index (χ4n) is 2.02. The molecule has 2 rings (SSSR count). The molecule has 0 aromatic heterocycles. The van der Waals surface area contributed by atoms with E-state index in [4.69, 9.17) is 20.6 Å². The molecule has 0 heterocycles. The van der Waals surface area contributed by atoms with E-state index in [0.29, 0.717) is 34.4 Å². The Bertz CT molecular complexity index is 785. The normalized spacial score (nSPS) is 13.0. The highest BCUT2D eigenvalue weighted by molar-refractivity contribution is 8.55. The van der Waals surface area contributed by atoms with Gasteiger partial charge in [0.1, 0.15) is 5.75 Å². The van der Waals surface area contributed by atoms with Crippen LogP contribution in [0, 0.1) is 0 Å². The summed E-state index contributed by atoms with van der Waals surface area (Å²) in [5, 5.41) is 3.15. The van der Waals surface area contributed by atoms with Crippen LogP contribution >= 0.6 is 29.8 Å². The number of hydrogen-bond acceptors (Lipinski definition) is 5. The van der Waals surface area contributed by atoms with Gasteiger partial charge < -0.3 is 9.84 Å². The van der Waals surface area contributed by atoms with Gasteiger partial charge in [-0.05, 0) is 61.1 Å². The molecule has 0 fully saturated rings. The van der Waals surface area contributed by atoms with Crippen molar-refractivity contribution in [2.24, 2.45) is 0 Å². The lowest BCUT2D eigenvalue weighted by Crippen LogP contribution is -2.12. The molecule has 1 N–H and O–H groups in total. The predicted octanol–water partition coefficient (Wildman–Crippen LogP) is 6.26. The summed E-state index contributed by atoms with van der Waals surface area (Å²) in [7, 11) is 0. The van der Waals surface area contributed by atoms with Crippen LogP contribution in [0.1, 0.15) is 30.6 Å². The molecule has 1 atom stereocenters. The molecule has 2 aromatic carbocycles. The Hall–Kier alpha value is -1.46. The highest BCUT2D eigenvalue weighted by Gasteiger charge is 2.26. The van der Waals surface area contributed by atoms with Gasteiger partial charge in [-0.3, -0.25) is 9.32 Å². The fraction of sp³-hybridized carbons (Fsp3) is 0.278. The Balaban J connectivity index is 2.04. The van der Waals surface area contributed by atoms with Crippen LogP contribution in [0.4, 0.5) is 5.69 Å². The van der Waals surface area contributed by atoms with Gasteiger partial charge in [0.25, 0.3) is 5.91 Å². The average Bonchev–Trinajstić information content (AvgIpc) is 2.62. The van der Waals surface area contributed by atoms with E-state index in [1.807, 2.05) is 6.92 Å². The Morgan fingerprint density at radius 3 is 2.46 bits per heavy atom. The summed E-state index contributed by atoms with van der Waals surface area (Å²) in [6, 6.07) is 13.4. The molecule has 0 bridgehead atoms. The van der Waals surface area contributed by atoms with Crippen LogP contribution in [0.3, 0.4) is 0 Å². The van der Waals surface area contributed by atoms with Crippen molar-refractivity contribution in [1.82, 2.24) is 0 Å². The molecule has 0 aliphatic heterocycles. The second-order valence-corrected chi connectivity index (χ2v) is 9.77. The lowest BCUT2D eigenvalue weighted by Gasteiger charge is -2.17. The molecule has 0 saturated heterocycles. The van der Waals surface area contributed by atoms with Crippen LogP contribution in [-0.4, -0.2) is 18.3 Å². The molecule has 2 aromatic rings. The zero-order valence-corrected chi connectivity index (χ0v) is 17.1. The monoisotopic (exact) mass is 413 g/mol. The number of carbonyl (C=O) groups excluding carboxylic acids is 1. The van der Waals surface area contributed by atoms with Gasteiger partial charge in [-0.2, -0.15) is 0 Å². The number of halogens is 1. The third-order valence-electron chi connectivity index (χ3n) is 3.19. The highest BCUT2D eigenvalue weighted by Crippen LogP contribution is 2.60. The summed E-state index contributed by atoms with van der Waals surface area (Å²) in [4.78, 5) is 12.3. The largest absolute Gasteiger partial charge is 0.440 e. The van der Waals surface area contributed by atoms with Crippen LogP contribution in [0.5, 0.6) is 5.75 Å². The number of benzene rings is 2. The summed E-state index contributed by atoms with van der Waals surface area (Å²) < 4.78 is 23.5. The Kier molecular flexibility index (Phi) is 8.04. The molecule has 0 spiro atoms. The molecule has 8 heteroatoms. The third kappa shape index (κ3) is 6.06. The van der Waals surface area contributed by atoms with Crippen molar-refractivity contribution in [1.29, 1.82) is 0 Å². The van der Waals surface area contributed by atoms with Gasteiger partial charge in [0.2, 0.25) is 0 Å². The zero-order valence-electron chi connectivity index (χ0n) is 14.6. The summed E-state index contributed by atoms with van der Waals surface area (Å²) in [6.45, 7) is 0.836. The van der Waals surface area contributed by atoms with E-state index in [0.717, 1.165) is 6.42 Å². The second kappa shape index (κ2) is 10.0. The number of rotatable bonds is 9. The smallest absolute Gasteiger partial charge is 0.417 e. The van der Waals surface area contributed by atoms with Gasteiger partial charge in [0.05, 0.1) is 17.2 Å². The molecular formula is C18H21ClNO4PS. The third-order valence-corrected chi connectivity index (χ3v) is 7.47. The van der Waals surface area contributed by atoms with Crippen LogP contribution in [0.2, 0.25) is 5.02 Å². The molecular weight excluding hydrogens is 393 g/mol. The molecule has 5 nitrogen and oxygen atoms in total. The molecule has 0 saturated carbocycles. The molecule has 0 radical (unpaired) electrons. The van der Waals surface area contributed by atoms with Gasteiger partial charge in [0, 0.05) is 11.4 Å². The minimum Gasteiger partial charge on any atom is -0.417 e. The number of hydrogen-bond donors (Lipinski definition) is 1. The lowest BCUT2D eigenvalue weighted by molar-refractivity contribution is 0.102. The summed E-state index contributed by atoms with van der Waals surface area (Å²) in [5.41, 5.74) is 0.973. The Labute approximate surface area is 162 Å². The molecule has 140 valence electrons. The maximum absolute atomic E-state index is 12.7. The topological polar surface area (TPSA) is 64.6 Å². The van der Waals surface area contributed by atoms with Crippen LogP contribution in [0.15, 0.2) is 48.5 Å². The van der Waals surface area contributed by atoms with Gasteiger partial charge in [-0.25, -0.2) is 4.57 Å². The fourth-order valence-corrected chi connectivity index (χ4v) is 5.70. The van der Waals surface area contributed by atoms with Crippen LogP contribution < -0.4 is 9.84 Å². The van der Waals surface area contributed by atoms with E-state index in [9.17, 15) is 9.36 Å². The number of carbonyl (C=O) groups is 1. The van der Waals surface area contributed by atoms with Crippen molar-refractivity contribution in [3.63, 3.8) is 0 Å². The van der Waals surface area contributed by atoms with Crippen LogP contribution in [-0.2, 0) is 9.09 Å². The lowest BCUT2D eigenvalue weighted by atomic mass is 10.2. The zero-order chi connectivity index (χ0) is 19.0. The number of nitrogens with one attached hydrogen (secondary N) is 1. The van der Waals surface area contributed by atoms with Crippen molar-refractivity contribution in [3.8, 4) is 5.75 Å². The summed E-state index contributed by atoms with van der Waals surface area (Å²) in [6.07, 6.45) is 0.873. The maximum atomic E-state index is 12.7. The van der Waals surface area contributed by atoms with E-state index in [1.165, 1.54) is 11.4 Å². The summed E-state index contributed by atoms with van der Waals surface area (Å²) in [5.74, 6) is 0.798. The first-order valence-electron chi connectivity index (χ1n) is 8.22. The van der Waals surface area contributed by atoms with Crippen molar-refractivity contribution >= 4 is 41.4 Å². The van der Waals surface area contributed by atoms with E-state index >= 15 is 0 Å². The predicted molar refractivity (Wildman–Crippen MR) is 108 cm³/mol. The standard InChI is InChI=1S/C18H21ClNO4PS/c1-3-13-26-25(22,23-4-2)24-15-11-9-14(10-12-15)20-18(21)16-7-5-6-8-17(16)19/h5-12H,3-4,13H2,1-2H3,(H,20,21). The van der Waals surface area contributed by atoms with E-state index < -0.39 is 6.80 Å². The van der Waals surface area contributed by atoms with E-state index in [1.54, 1.807) is 55.5 Å². The van der Waals surface area contributed by atoms with Gasteiger partial charge in [-0.15, -0.1) is 0 Å². The van der Waals surface area contributed by atoms with Crippen molar-refractivity contribution < 1.29 is 18.4 Å². The first-order chi connectivity index (χ1) is 12.5. The minimum absolute atomic E-state index is 0.303. The number of amides is 1. The second-order valence-electron chi connectivity index (χ2n) is 5.25. The first-order valence-corrected chi connectivity index (χ1v) is 11.7. The van der Waals surface area contributed by atoms with Gasteiger partial charge in [0.15, 0.2) is 0 Å². The Morgan fingerprint density at radius 2 is 1.85 bits per heavy atom. The van der Waals surface area contributed by atoms with Gasteiger partial charge >= 0.3 is 6.80 Å².